The standard InChI is InChI=1S/C46H49FN10O6/c1-45(2)42(46(3,4)43(45)63-35-10-8-32(48-5)37-28(35)7-6-14-49-37)53-38(59)27-23-50-44(51-24-27)56-15-12-26(13-16-56)25-54-17-19-55(20-18-54)34-22-30-29(21-31(34)47)40(61)57(41(30)62)33-9-11-36(58)52-39(33)60/h6-8,10,14,21-24,26,33,42-43H,9,11-13,15-20,25H2,1-4H3,(H,53,59)(H,52,58,60). The maximum absolute atomic E-state index is 15.5. The molecular weight excluding hydrogens is 808 g/mol. The molecule has 1 atom stereocenters. The maximum Gasteiger partial charge on any atom is 0.262 e. The van der Waals surface area contributed by atoms with Crippen LogP contribution in [-0.2, 0) is 9.59 Å². The van der Waals surface area contributed by atoms with Crippen molar-refractivity contribution in [2.24, 2.45) is 16.7 Å². The molecule has 1 aliphatic carbocycles. The summed E-state index contributed by atoms with van der Waals surface area (Å²) < 4.78 is 22.1. The van der Waals surface area contributed by atoms with Crippen molar-refractivity contribution in [3.63, 3.8) is 0 Å². The van der Waals surface area contributed by atoms with Crippen LogP contribution in [0.15, 0.2) is 55.0 Å². The summed E-state index contributed by atoms with van der Waals surface area (Å²) in [6.45, 7) is 20.8. The van der Waals surface area contributed by atoms with Gasteiger partial charge in [-0.05, 0) is 55.5 Å². The minimum Gasteiger partial charge on any atom is -0.489 e. The molecule has 17 heteroatoms. The highest BCUT2D eigenvalue weighted by molar-refractivity contribution is 6.23. The second-order valence-corrected chi connectivity index (χ2v) is 18.4. The summed E-state index contributed by atoms with van der Waals surface area (Å²) in [5, 5.41) is 6.19. The molecule has 3 saturated heterocycles. The minimum atomic E-state index is -1.11. The largest absolute Gasteiger partial charge is 0.489 e. The third-order valence-electron chi connectivity index (χ3n) is 13.7. The van der Waals surface area contributed by atoms with Gasteiger partial charge in [-0.25, -0.2) is 19.2 Å². The molecule has 1 saturated carbocycles. The number of aromatic nitrogens is 3. The second kappa shape index (κ2) is 16.0. The van der Waals surface area contributed by atoms with Gasteiger partial charge in [-0.2, -0.15) is 0 Å². The van der Waals surface area contributed by atoms with E-state index in [1.807, 2.05) is 23.1 Å². The average molecular weight is 857 g/mol. The molecule has 2 N–H and O–H groups in total. The van der Waals surface area contributed by atoms with Gasteiger partial charge in [0.25, 0.3) is 17.7 Å². The summed E-state index contributed by atoms with van der Waals surface area (Å²) in [6.07, 6.45) is 6.53. The van der Waals surface area contributed by atoms with Crippen molar-refractivity contribution in [3.8, 4) is 5.75 Å². The predicted octanol–water partition coefficient (Wildman–Crippen LogP) is 4.77. The topological polar surface area (TPSA) is 175 Å². The van der Waals surface area contributed by atoms with Crippen molar-refractivity contribution in [3.05, 3.63) is 88.9 Å². The molecule has 2 aromatic carbocycles. The zero-order chi connectivity index (χ0) is 44.4. The molecule has 5 aliphatic rings. The van der Waals surface area contributed by atoms with Crippen molar-refractivity contribution < 1.29 is 33.1 Å². The Bertz CT molecular complexity index is 2560. The number of nitrogens with zero attached hydrogens (tertiary/aromatic N) is 8. The van der Waals surface area contributed by atoms with Gasteiger partial charge < -0.3 is 19.9 Å². The van der Waals surface area contributed by atoms with Gasteiger partial charge in [0.1, 0.15) is 23.7 Å². The number of halogens is 1. The molecule has 0 bridgehead atoms. The summed E-state index contributed by atoms with van der Waals surface area (Å²) in [6, 6.07) is 8.49. The molecule has 9 rings (SSSR count). The quantitative estimate of drug-likeness (QED) is 0.175. The lowest BCUT2D eigenvalue weighted by Crippen LogP contribution is -2.74. The van der Waals surface area contributed by atoms with Crippen LogP contribution >= 0.6 is 0 Å². The molecule has 0 radical (unpaired) electrons. The molecule has 2 aromatic heterocycles. The first-order valence-corrected chi connectivity index (χ1v) is 21.5. The molecule has 6 heterocycles. The minimum absolute atomic E-state index is 0.0100. The number of hydrogen-bond donors (Lipinski definition) is 2. The lowest BCUT2D eigenvalue weighted by atomic mass is 9.49. The average Bonchev–Trinajstić information content (AvgIpc) is 3.51. The van der Waals surface area contributed by atoms with E-state index in [2.05, 4.69) is 67.9 Å². The first kappa shape index (κ1) is 41.8. The van der Waals surface area contributed by atoms with Crippen molar-refractivity contribution in [2.75, 3.05) is 55.6 Å². The summed E-state index contributed by atoms with van der Waals surface area (Å²) in [4.78, 5) is 88.6. The lowest BCUT2D eigenvalue weighted by molar-refractivity contribution is -0.163. The highest BCUT2D eigenvalue weighted by Crippen LogP contribution is 2.56. The number of amides is 5. The fourth-order valence-corrected chi connectivity index (χ4v) is 10.6. The number of imide groups is 2. The van der Waals surface area contributed by atoms with Crippen LogP contribution in [0.25, 0.3) is 15.7 Å². The number of benzene rings is 2. The van der Waals surface area contributed by atoms with Gasteiger partial charge in [0.15, 0.2) is 0 Å². The number of carbonyl (C=O) groups is 5. The highest BCUT2D eigenvalue weighted by atomic mass is 19.1. The van der Waals surface area contributed by atoms with Crippen molar-refractivity contribution in [2.45, 2.75) is 71.6 Å². The van der Waals surface area contributed by atoms with E-state index in [1.54, 1.807) is 24.7 Å². The monoisotopic (exact) mass is 856 g/mol. The van der Waals surface area contributed by atoms with Crippen molar-refractivity contribution >= 4 is 57.8 Å². The lowest BCUT2D eigenvalue weighted by Gasteiger charge is -2.63. The number of hydrogen-bond acceptors (Lipinski definition) is 12. The number of carbonyl (C=O) groups excluding carboxylic acids is 5. The first-order valence-electron chi connectivity index (χ1n) is 21.5. The van der Waals surface area contributed by atoms with Gasteiger partial charge in [0.2, 0.25) is 23.5 Å². The number of piperidine rings is 2. The maximum atomic E-state index is 15.5. The molecule has 326 valence electrons. The SMILES string of the molecule is [C-]#[N+]c1ccc(OC2C(C)(C)C(NC(=O)c3cnc(N4CCC(CN5CCN(c6cc7c(cc6F)C(=O)N(C6CCC(=O)NC6=O)C7=O)CC5)CC4)nc3)C2(C)C)c2cccnc12. The second-order valence-electron chi connectivity index (χ2n) is 18.4. The smallest absolute Gasteiger partial charge is 0.262 e. The van der Waals surface area contributed by atoms with Crippen LogP contribution < -0.4 is 25.2 Å². The Balaban J connectivity index is 0.748. The Labute approximate surface area is 364 Å². The molecule has 0 spiro atoms. The highest BCUT2D eigenvalue weighted by Gasteiger charge is 2.64. The van der Waals surface area contributed by atoms with Crippen molar-refractivity contribution in [1.82, 2.24) is 35.4 Å². The molecular formula is C46H49FN10O6. The molecule has 4 aromatic rings. The van der Waals surface area contributed by atoms with E-state index in [4.69, 9.17) is 11.3 Å². The Morgan fingerprint density at radius 1 is 0.905 bits per heavy atom. The number of nitrogens with one attached hydrogen (secondary N) is 2. The molecule has 5 amide bonds. The van der Waals surface area contributed by atoms with Crippen LogP contribution in [0, 0.1) is 29.1 Å². The molecule has 1 unspecified atom stereocenters. The van der Waals surface area contributed by atoms with Crippen LogP contribution in [0.3, 0.4) is 0 Å². The number of pyridine rings is 1. The third kappa shape index (κ3) is 7.39. The third-order valence-corrected chi connectivity index (χ3v) is 13.7. The van der Waals surface area contributed by atoms with E-state index in [1.165, 1.54) is 6.07 Å². The van der Waals surface area contributed by atoms with Gasteiger partial charge in [-0.1, -0.05) is 33.8 Å². The summed E-state index contributed by atoms with van der Waals surface area (Å²) in [5.74, 6) is -1.71. The van der Waals surface area contributed by atoms with E-state index < -0.39 is 46.3 Å². The van der Waals surface area contributed by atoms with Crippen LogP contribution in [-0.4, -0.2) is 118 Å². The summed E-state index contributed by atoms with van der Waals surface area (Å²) in [5.41, 5.74) is 0.857. The zero-order valence-corrected chi connectivity index (χ0v) is 35.7. The number of piperazine rings is 1. The Hall–Kier alpha value is -6.54. The van der Waals surface area contributed by atoms with Crippen LogP contribution in [0.2, 0.25) is 0 Å². The normalized spacial score (nSPS) is 23.6. The number of ether oxygens (including phenoxy) is 1. The van der Waals surface area contributed by atoms with Gasteiger partial charge in [-0.15, -0.1) is 0 Å². The first-order chi connectivity index (χ1) is 30.1. The van der Waals surface area contributed by atoms with E-state index in [0.29, 0.717) is 60.6 Å². The van der Waals surface area contributed by atoms with Crippen LogP contribution in [0.1, 0.15) is 84.5 Å². The Morgan fingerprint density at radius 3 is 2.25 bits per heavy atom. The predicted molar refractivity (Wildman–Crippen MR) is 230 cm³/mol. The van der Waals surface area contributed by atoms with E-state index >= 15 is 4.39 Å². The molecule has 4 aliphatic heterocycles. The van der Waals surface area contributed by atoms with Gasteiger partial charge in [0, 0.05) is 93.1 Å². The van der Waals surface area contributed by atoms with E-state index in [9.17, 15) is 24.0 Å². The summed E-state index contributed by atoms with van der Waals surface area (Å²) in [7, 11) is 0. The molecule has 16 nitrogen and oxygen atoms in total. The van der Waals surface area contributed by atoms with E-state index in [0.717, 1.165) is 48.8 Å². The number of fused-ring (bicyclic) bond motifs is 2. The van der Waals surface area contributed by atoms with E-state index in [-0.39, 0.29) is 47.7 Å². The van der Waals surface area contributed by atoms with Gasteiger partial charge >= 0.3 is 0 Å². The van der Waals surface area contributed by atoms with Crippen LogP contribution in [0.4, 0.5) is 21.7 Å². The number of rotatable bonds is 9. The fourth-order valence-electron chi connectivity index (χ4n) is 10.6. The molecule has 4 fully saturated rings. The van der Waals surface area contributed by atoms with Gasteiger partial charge in [0.05, 0.1) is 34.5 Å². The van der Waals surface area contributed by atoms with Crippen LogP contribution in [0.5, 0.6) is 5.75 Å². The van der Waals surface area contributed by atoms with Crippen molar-refractivity contribution in [1.29, 1.82) is 0 Å². The molecule has 63 heavy (non-hydrogen) atoms. The fraction of sp³-hybridized carbons (Fsp3) is 0.457. The number of anilines is 2. The zero-order valence-electron chi connectivity index (χ0n) is 35.7. The Morgan fingerprint density at radius 2 is 1.59 bits per heavy atom. The summed E-state index contributed by atoms with van der Waals surface area (Å²) >= 11 is 0. The van der Waals surface area contributed by atoms with Gasteiger partial charge in [-0.3, -0.25) is 44.1 Å². The Kier molecular flexibility index (Phi) is 10.6.